The van der Waals surface area contributed by atoms with Crippen LogP contribution in [0.15, 0.2) is 22.7 Å². The molecule has 2 aliphatic heterocycles. The third-order valence-electron chi connectivity index (χ3n) is 6.20. The second kappa shape index (κ2) is 9.13. The Labute approximate surface area is 185 Å². The molecule has 172 valence electrons. The molecule has 0 bridgehead atoms. The van der Waals surface area contributed by atoms with Gasteiger partial charge in [-0.3, -0.25) is 4.79 Å². The van der Waals surface area contributed by atoms with Crippen LogP contribution in [0.25, 0.3) is 0 Å². The number of aryl methyl sites for hydroxylation is 2. The van der Waals surface area contributed by atoms with E-state index in [2.05, 4.69) is 10.5 Å². The minimum absolute atomic E-state index is 0.00721. The molecule has 32 heavy (non-hydrogen) atoms. The number of benzene rings is 1. The predicted octanol–water partition coefficient (Wildman–Crippen LogP) is 2.24. The molecule has 0 aliphatic carbocycles. The summed E-state index contributed by atoms with van der Waals surface area (Å²) < 4.78 is 32.3. The Balaban J connectivity index is 1.25. The lowest BCUT2D eigenvalue weighted by Gasteiger charge is -2.35. The van der Waals surface area contributed by atoms with Crippen molar-refractivity contribution in [3.05, 3.63) is 46.9 Å². The van der Waals surface area contributed by atoms with Crippen molar-refractivity contribution < 1.29 is 22.9 Å². The molecule has 2 saturated heterocycles. The fourth-order valence-electron chi connectivity index (χ4n) is 4.28. The number of nitrogens with zero attached hydrogens (tertiary/aromatic N) is 4. The fraction of sp³-hybridized carbons (Fsp3) is 0.500. The highest BCUT2D eigenvalue weighted by Crippen LogP contribution is 2.24. The van der Waals surface area contributed by atoms with Gasteiger partial charge in [-0.1, -0.05) is 5.16 Å². The van der Waals surface area contributed by atoms with Crippen molar-refractivity contribution in [2.24, 2.45) is 0 Å². The van der Waals surface area contributed by atoms with Crippen molar-refractivity contribution in [3.63, 3.8) is 0 Å². The first-order valence-corrected chi connectivity index (χ1v) is 10.8. The molecule has 4 rings (SSSR count). The summed E-state index contributed by atoms with van der Waals surface area (Å²) in [6, 6.07) is 3.22. The van der Waals surface area contributed by atoms with Crippen LogP contribution < -0.4 is 10.2 Å². The molecule has 1 aromatic heterocycles. The minimum atomic E-state index is -0.611. The largest absolute Gasteiger partial charge is 0.367 e. The summed E-state index contributed by atoms with van der Waals surface area (Å²) in [6.45, 7) is 6.47. The minimum Gasteiger partial charge on any atom is -0.367 e. The van der Waals surface area contributed by atoms with Crippen LogP contribution in [0.1, 0.15) is 23.4 Å². The van der Waals surface area contributed by atoms with E-state index in [0.717, 1.165) is 17.3 Å². The van der Waals surface area contributed by atoms with Crippen molar-refractivity contribution in [1.82, 2.24) is 20.3 Å². The number of hydrogen-bond acceptors (Lipinski definition) is 5. The Morgan fingerprint density at radius 1 is 1.12 bits per heavy atom. The Bertz CT molecular complexity index is 984. The van der Waals surface area contributed by atoms with Crippen LogP contribution in [0.5, 0.6) is 0 Å². The zero-order chi connectivity index (χ0) is 22.8. The molecule has 2 aromatic rings. The van der Waals surface area contributed by atoms with Crippen LogP contribution in [0.4, 0.5) is 19.3 Å². The second-order valence-corrected chi connectivity index (χ2v) is 8.32. The number of hydrogen-bond donors (Lipinski definition) is 1. The first-order chi connectivity index (χ1) is 15.3. The number of piperazine rings is 1. The lowest BCUT2D eigenvalue weighted by atomic mass is 10.1. The summed E-state index contributed by atoms with van der Waals surface area (Å²) in [7, 11) is 0. The molecule has 0 saturated carbocycles. The van der Waals surface area contributed by atoms with E-state index in [0.29, 0.717) is 57.1 Å². The van der Waals surface area contributed by atoms with Gasteiger partial charge in [0.15, 0.2) is 0 Å². The van der Waals surface area contributed by atoms with Crippen LogP contribution >= 0.6 is 0 Å². The summed E-state index contributed by atoms with van der Waals surface area (Å²) in [6.07, 6.45) is 0.920. The van der Waals surface area contributed by atoms with Crippen LogP contribution in [0, 0.1) is 25.5 Å². The standard InChI is InChI=1S/C22H27F2N5O3/c1-14-18(15(2)32-26-14)12-21(30)27-7-9-28(10-8-27)22(31)25-17-5-6-29(13-17)20-4-3-16(23)11-19(20)24/h3-4,11,17H,5-10,12-13H2,1-2H3,(H,25,31). The number of nitrogens with one attached hydrogen (secondary N) is 1. The van der Waals surface area contributed by atoms with Gasteiger partial charge in [-0.15, -0.1) is 0 Å². The predicted molar refractivity (Wildman–Crippen MR) is 113 cm³/mol. The van der Waals surface area contributed by atoms with E-state index in [-0.39, 0.29) is 24.4 Å². The molecule has 1 N–H and O–H groups in total. The van der Waals surface area contributed by atoms with Gasteiger partial charge in [0.25, 0.3) is 0 Å². The number of carbonyl (C=O) groups excluding carboxylic acids is 2. The van der Waals surface area contributed by atoms with Gasteiger partial charge in [0.05, 0.1) is 17.8 Å². The highest BCUT2D eigenvalue weighted by molar-refractivity contribution is 5.80. The Kier molecular flexibility index (Phi) is 6.29. The first-order valence-electron chi connectivity index (χ1n) is 10.8. The Morgan fingerprint density at radius 3 is 2.50 bits per heavy atom. The highest BCUT2D eigenvalue weighted by Gasteiger charge is 2.30. The molecule has 8 nitrogen and oxygen atoms in total. The number of anilines is 1. The number of halogens is 2. The van der Waals surface area contributed by atoms with Crippen LogP contribution in [0.2, 0.25) is 0 Å². The summed E-state index contributed by atoms with van der Waals surface area (Å²) in [5, 5.41) is 6.88. The van der Waals surface area contributed by atoms with E-state index >= 15 is 0 Å². The molecule has 3 amide bonds. The van der Waals surface area contributed by atoms with E-state index in [1.807, 2.05) is 11.8 Å². The van der Waals surface area contributed by atoms with E-state index < -0.39 is 11.6 Å². The maximum atomic E-state index is 14.0. The summed E-state index contributed by atoms with van der Waals surface area (Å²) in [4.78, 5) is 30.6. The quantitative estimate of drug-likeness (QED) is 0.778. The van der Waals surface area contributed by atoms with Gasteiger partial charge < -0.3 is 24.5 Å². The monoisotopic (exact) mass is 447 g/mol. The summed E-state index contributed by atoms with van der Waals surface area (Å²) in [5.74, 6) is -0.568. The zero-order valence-corrected chi connectivity index (χ0v) is 18.2. The maximum absolute atomic E-state index is 14.0. The average molecular weight is 447 g/mol. The zero-order valence-electron chi connectivity index (χ0n) is 18.2. The van der Waals surface area contributed by atoms with Crippen LogP contribution in [-0.4, -0.2) is 72.2 Å². The molecular formula is C22H27F2N5O3. The van der Waals surface area contributed by atoms with Crippen molar-refractivity contribution in [2.75, 3.05) is 44.2 Å². The Morgan fingerprint density at radius 2 is 1.84 bits per heavy atom. The van der Waals surface area contributed by atoms with E-state index in [4.69, 9.17) is 4.52 Å². The van der Waals surface area contributed by atoms with Crippen LogP contribution in [-0.2, 0) is 11.2 Å². The third-order valence-corrected chi connectivity index (χ3v) is 6.20. The van der Waals surface area contributed by atoms with Crippen molar-refractivity contribution >= 4 is 17.6 Å². The lowest BCUT2D eigenvalue weighted by Crippen LogP contribution is -2.55. The number of rotatable bonds is 4. The number of carbonyl (C=O) groups is 2. The molecule has 0 spiro atoms. The lowest BCUT2D eigenvalue weighted by molar-refractivity contribution is -0.131. The van der Waals surface area contributed by atoms with Crippen LogP contribution in [0.3, 0.4) is 0 Å². The smallest absolute Gasteiger partial charge is 0.317 e. The number of amides is 3. The molecular weight excluding hydrogens is 420 g/mol. The first kappa shape index (κ1) is 22.0. The van der Waals surface area contributed by atoms with Gasteiger partial charge >= 0.3 is 6.03 Å². The molecule has 0 radical (unpaired) electrons. The van der Waals surface area contributed by atoms with Gasteiger partial charge in [-0.05, 0) is 32.4 Å². The molecule has 10 heteroatoms. The van der Waals surface area contributed by atoms with Crippen molar-refractivity contribution in [1.29, 1.82) is 0 Å². The third kappa shape index (κ3) is 4.68. The maximum Gasteiger partial charge on any atom is 0.317 e. The van der Waals surface area contributed by atoms with E-state index in [1.54, 1.807) is 16.7 Å². The summed E-state index contributed by atoms with van der Waals surface area (Å²) in [5.41, 5.74) is 1.88. The van der Waals surface area contributed by atoms with Gasteiger partial charge in [-0.2, -0.15) is 0 Å². The van der Waals surface area contributed by atoms with Gasteiger partial charge in [-0.25, -0.2) is 13.6 Å². The normalized spacial score (nSPS) is 18.9. The second-order valence-electron chi connectivity index (χ2n) is 8.32. The topological polar surface area (TPSA) is 81.9 Å². The fourth-order valence-corrected chi connectivity index (χ4v) is 4.28. The molecule has 1 unspecified atom stereocenters. The highest BCUT2D eigenvalue weighted by atomic mass is 19.1. The van der Waals surface area contributed by atoms with Crippen molar-refractivity contribution in [3.8, 4) is 0 Å². The SMILES string of the molecule is Cc1noc(C)c1CC(=O)N1CCN(C(=O)NC2CCN(c3ccc(F)cc3F)C2)CC1. The number of urea groups is 1. The van der Waals surface area contributed by atoms with E-state index in [9.17, 15) is 18.4 Å². The molecule has 2 aliphatic rings. The van der Waals surface area contributed by atoms with Crippen molar-refractivity contribution in [2.45, 2.75) is 32.7 Å². The van der Waals surface area contributed by atoms with Gasteiger partial charge in [0, 0.05) is 56.9 Å². The van der Waals surface area contributed by atoms with E-state index in [1.165, 1.54) is 12.1 Å². The number of aromatic nitrogens is 1. The van der Waals surface area contributed by atoms with Gasteiger partial charge in [0.1, 0.15) is 17.4 Å². The summed E-state index contributed by atoms with van der Waals surface area (Å²) >= 11 is 0. The average Bonchev–Trinajstić information content (AvgIpc) is 3.35. The molecule has 3 heterocycles. The van der Waals surface area contributed by atoms with Gasteiger partial charge in [0.2, 0.25) is 5.91 Å². The Hall–Kier alpha value is -3.17. The molecule has 1 atom stereocenters. The molecule has 1 aromatic carbocycles. The molecule has 2 fully saturated rings.